The highest BCUT2D eigenvalue weighted by molar-refractivity contribution is 5.67. The zero-order valence-corrected chi connectivity index (χ0v) is 10.9. The minimum Gasteiger partial charge on any atom is -0.433 e. The van der Waals surface area contributed by atoms with Crippen molar-refractivity contribution >= 4 is 0 Å². The van der Waals surface area contributed by atoms with E-state index in [2.05, 4.69) is 4.74 Å². The highest BCUT2D eigenvalue weighted by Gasteiger charge is 2.29. The molecule has 0 fully saturated rings. The second-order valence-electron chi connectivity index (χ2n) is 4.28. The van der Waals surface area contributed by atoms with E-state index in [4.69, 9.17) is 5.26 Å². The highest BCUT2D eigenvalue weighted by atomic mass is 19.4. The number of benzene rings is 2. The van der Waals surface area contributed by atoms with Gasteiger partial charge in [-0.25, -0.2) is 0 Å². The van der Waals surface area contributed by atoms with E-state index in [-0.39, 0.29) is 11.3 Å². The molecule has 0 atom stereocenters. The first-order valence-electron chi connectivity index (χ1n) is 5.98. The Morgan fingerprint density at radius 1 is 0.955 bits per heavy atom. The van der Waals surface area contributed by atoms with Crippen LogP contribution in [0.5, 0.6) is 5.75 Å². The molecule has 7 heteroatoms. The van der Waals surface area contributed by atoms with Gasteiger partial charge >= 0.3 is 12.8 Å². The van der Waals surface area contributed by atoms with Crippen LogP contribution in [0.15, 0.2) is 42.5 Å². The van der Waals surface area contributed by atoms with Crippen molar-refractivity contribution in [3.05, 3.63) is 53.6 Å². The van der Waals surface area contributed by atoms with E-state index in [1.54, 1.807) is 6.07 Å². The van der Waals surface area contributed by atoms with Crippen LogP contribution in [0.4, 0.5) is 22.0 Å². The van der Waals surface area contributed by atoms with E-state index >= 15 is 0 Å². The molecule has 0 saturated carbocycles. The lowest BCUT2D eigenvalue weighted by Crippen LogP contribution is -2.04. The van der Waals surface area contributed by atoms with Crippen molar-refractivity contribution in [2.24, 2.45) is 0 Å². The van der Waals surface area contributed by atoms with Crippen LogP contribution in [0.1, 0.15) is 11.1 Å². The van der Waals surface area contributed by atoms with Gasteiger partial charge in [-0.1, -0.05) is 18.2 Å². The Morgan fingerprint density at radius 2 is 1.55 bits per heavy atom. The number of nitriles is 1. The summed E-state index contributed by atoms with van der Waals surface area (Å²) in [5.41, 5.74) is -0.0768. The molecule has 0 radical (unpaired) electrons. The normalized spacial score (nSPS) is 11.3. The van der Waals surface area contributed by atoms with Gasteiger partial charge in [0.15, 0.2) is 0 Å². The summed E-state index contributed by atoms with van der Waals surface area (Å²) in [6.45, 7) is -3.07. The molecule has 0 N–H and O–H groups in total. The molecule has 0 heterocycles. The van der Waals surface area contributed by atoms with Crippen molar-refractivity contribution in [1.29, 1.82) is 5.26 Å². The largest absolute Gasteiger partial charge is 0.433 e. The number of ether oxygens (including phenoxy) is 1. The predicted octanol–water partition coefficient (Wildman–Crippen LogP) is 4.85. The third kappa shape index (κ3) is 3.52. The molecule has 0 spiro atoms. The van der Waals surface area contributed by atoms with E-state index in [9.17, 15) is 22.0 Å². The lowest BCUT2D eigenvalue weighted by Gasteiger charge is -2.10. The minimum absolute atomic E-state index is 0.127. The molecule has 0 unspecified atom stereocenters. The van der Waals surface area contributed by atoms with Gasteiger partial charge in [-0.05, 0) is 35.4 Å². The summed E-state index contributed by atoms with van der Waals surface area (Å²) < 4.78 is 66.0. The average molecular weight is 313 g/mol. The van der Waals surface area contributed by atoms with Gasteiger partial charge in [0, 0.05) is 0 Å². The lowest BCUT2D eigenvalue weighted by atomic mass is 10.0. The number of halogens is 5. The molecule has 0 aliphatic carbocycles. The number of alkyl halides is 5. The Balaban J connectivity index is 2.35. The minimum atomic E-state index is -4.44. The van der Waals surface area contributed by atoms with Crippen LogP contribution in [0.2, 0.25) is 0 Å². The van der Waals surface area contributed by atoms with Gasteiger partial charge in [-0.15, -0.1) is 0 Å². The zero-order chi connectivity index (χ0) is 16.3. The first-order chi connectivity index (χ1) is 10.3. The molecule has 114 valence electrons. The van der Waals surface area contributed by atoms with Crippen LogP contribution in [0, 0.1) is 11.3 Å². The van der Waals surface area contributed by atoms with Crippen molar-refractivity contribution in [2.45, 2.75) is 12.8 Å². The van der Waals surface area contributed by atoms with Crippen LogP contribution in [-0.4, -0.2) is 6.61 Å². The van der Waals surface area contributed by atoms with Crippen molar-refractivity contribution in [2.75, 3.05) is 0 Å². The third-order valence-electron chi connectivity index (χ3n) is 2.86. The number of rotatable bonds is 3. The highest BCUT2D eigenvalue weighted by Crippen LogP contribution is 2.32. The van der Waals surface area contributed by atoms with E-state index in [0.717, 1.165) is 12.1 Å². The monoisotopic (exact) mass is 313 g/mol. The summed E-state index contributed by atoms with van der Waals surface area (Å²) in [5, 5.41) is 8.93. The van der Waals surface area contributed by atoms with Crippen LogP contribution >= 0.6 is 0 Å². The maximum Gasteiger partial charge on any atom is 0.416 e. The molecule has 0 amide bonds. The molecule has 2 aromatic rings. The number of hydrogen-bond acceptors (Lipinski definition) is 2. The molecule has 22 heavy (non-hydrogen) atoms. The standard InChI is InChI=1S/C15H8F5NO/c16-14(17)22-13-6-3-10(7-11(13)8-21)9-1-4-12(5-2-9)15(18,19)20/h1-7,14H. The zero-order valence-electron chi connectivity index (χ0n) is 10.9. The molecular formula is C15H8F5NO. The van der Waals surface area contributed by atoms with Crippen LogP contribution in [-0.2, 0) is 6.18 Å². The molecular weight excluding hydrogens is 305 g/mol. The summed E-state index contributed by atoms with van der Waals surface area (Å²) in [4.78, 5) is 0. The van der Waals surface area contributed by atoms with Crippen molar-refractivity contribution in [1.82, 2.24) is 0 Å². The fourth-order valence-electron chi connectivity index (χ4n) is 1.85. The van der Waals surface area contributed by atoms with Gasteiger partial charge in [0.05, 0.1) is 11.1 Å². The van der Waals surface area contributed by atoms with Crippen LogP contribution in [0.3, 0.4) is 0 Å². The van der Waals surface area contributed by atoms with Crippen molar-refractivity contribution in [3.63, 3.8) is 0 Å². The second kappa shape index (κ2) is 6.02. The van der Waals surface area contributed by atoms with E-state index in [0.29, 0.717) is 11.1 Å². The average Bonchev–Trinajstić information content (AvgIpc) is 2.46. The summed E-state index contributed by atoms with van der Waals surface area (Å²) in [6.07, 6.45) is -4.44. The first-order valence-corrected chi connectivity index (χ1v) is 5.98. The maximum atomic E-state index is 12.5. The molecule has 0 bridgehead atoms. The Hall–Kier alpha value is -2.62. The van der Waals surface area contributed by atoms with Gasteiger partial charge in [-0.3, -0.25) is 0 Å². The Bertz CT molecular complexity index is 701. The maximum absolute atomic E-state index is 12.5. The van der Waals surface area contributed by atoms with E-state index in [1.165, 1.54) is 30.3 Å². The Morgan fingerprint density at radius 3 is 2.05 bits per heavy atom. The van der Waals surface area contributed by atoms with Gasteiger partial charge in [0.2, 0.25) is 0 Å². The van der Waals surface area contributed by atoms with Gasteiger partial charge in [0.25, 0.3) is 0 Å². The molecule has 0 saturated heterocycles. The molecule has 0 aliphatic rings. The van der Waals surface area contributed by atoms with Gasteiger partial charge in [0.1, 0.15) is 11.8 Å². The van der Waals surface area contributed by atoms with E-state index < -0.39 is 18.4 Å². The lowest BCUT2D eigenvalue weighted by molar-refractivity contribution is -0.137. The Labute approximate surface area is 122 Å². The SMILES string of the molecule is N#Cc1cc(-c2ccc(C(F)(F)F)cc2)ccc1OC(F)F. The molecule has 2 nitrogen and oxygen atoms in total. The first kappa shape index (κ1) is 15.8. The molecule has 0 aliphatic heterocycles. The second-order valence-corrected chi connectivity index (χ2v) is 4.28. The predicted molar refractivity (Wildman–Crippen MR) is 68.2 cm³/mol. The molecule has 2 aromatic carbocycles. The summed E-state index contributed by atoms with van der Waals surface area (Å²) in [7, 11) is 0. The molecule has 2 rings (SSSR count). The third-order valence-corrected chi connectivity index (χ3v) is 2.86. The Kier molecular flexibility index (Phi) is 4.31. The smallest absolute Gasteiger partial charge is 0.416 e. The summed E-state index contributed by atoms with van der Waals surface area (Å²) in [5.74, 6) is -0.284. The van der Waals surface area contributed by atoms with Gasteiger partial charge in [-0.2, -0.15) is 27.2 Å². The van der Waals surface area contributed by atoms with Crippen molar-refractivity contribution < 1.29 is 26.7 Å². The summed E-state index contributed by atoms with van der Waals surface area (Å²) in [6, 6.07) is 9.86. The number of nitrogens with zero attached hydrogens (tertiary/aromatic N) is 1. The van der Waals surface area contributed by atoms with Crippen molar-refractivity contribution in [3.8, 4) is 22.9 Å². The molecule has 0 aromatic heterocycles. The fraction of sp³-hybridized carbons (Fsp3) is 0.133. The van der Waals surface area contributed by atoms with E-state index in [1.807, 2.05) is 0 Å². The number of hydrogen-bond donors (Lipinski definition) is 0. The fourth-order valence-corrected chi connectivity index (χ4v) is 1.85. The van der Waals surface area contributed by atoms with Gasteiger partial charge < -0.3 is 4.74 Å². The van der Waals surface area contributed by atoms with Crippen LogP contribution in [0.25, 0.3) is 11.1 Å². The topological polar surface area (TPSA) is 33.0 Å². The quantitative estimate of drug-likeness (QED) is 0.759. The summed E-state index contributed by atoms with van der Waals surface area (Å²) >= 11 is 0. The van der Waals surface area contributed by atoms with Crippen LogP contribution < -0.4 is 4.74 Å².